The molecule has 12 heteroatoms. The number of aromatic nitrogens is 2. The Labute approximate surface area is 222 Å². The largest absolute Gasteiger partial charge is 0.493 e. The van der Waals surface area contributed by atoms with Gasteiger partial charge in [0.25, 0.3) is 5.91 Å². The fourth-order valence-electron chi connectivity index (χ4n) is 3.62. The number of aliphatic hydroxyl groups excluding tert-OH is 1. The van der Waals surface area contributed by atoms with Crippen LogP contribution in [0.15, 0.2) is 55.0 Å². The Balaban J connectivity index is 1.58. The molecule has 39 heavy (non-hydrogen) atoms. The van der Waals surface area contributed by atoms with E-state index in [2.05, 4.69) is 20.6 Å². The maximum Gasteiger partial charge on any atom is 0.261 e. The molecule has 3 N–H and O–H groups in total. The second kappa shape index (κ2) is 12.8. The number of halogens is 2. The summed E-state index contributed by atoms with van der Waals surface area (Å²) < 4.78 is 52.2. The number of rotatable bonds is 12. The predicted octanol–water partition coefficient (Wildman–Crippen LogP) is 3.93. The van der Waals surface area contributed by atoms with Crippen molar-refractivity contribution >= 4 is 22.5 Å². The van der Waals surface area contributed by atoms with Crippen LogP contribution in [0, 0.1) is 11.6 Å². The van der Waals surface area contributed by atoms with Crippen molar-refractivity contribution in [3.8, 4) is 28.7 Å². The lowest BCUT2D eigenvalue weighted by atomic mass is 10.1. The molecular weight excluding hydrogens is 514 g/mol. The van der Waals surface area contributed by atoms with E-state index < -0.39 is 23.3 Å². The molecule has 4 aromatic rings. The molecule has 0 atom stereocenters. The third kappa shape index (κ3) is 6.48. The summed E-state index contributed by atoms with van der Waals surface area (Å²) in [5.74, 6) is -2.31. The van der Waals surface area contributed by atoms with Crippen LogP contribution in [0.1, 0.15) is 10.4 Å². The van der Waals surface area contributed by atoms with Crippen LogP contribution in [0.3, 0.4) is 0 Å². The maximum absolute atomic E-state index is 15.0. The first-order valence-electron chi connectivity index (χ1n) is 11.8. The average Bonchev–Trinajstić information content (AvgIpc) is 2.93. The Kier molecular flexibility index (Phi) is 9.02. The quantitative estimate of drug-likeness (QED) is 0.229. The van der Waals surface area contributed by atoms with Crippen molar-refractivity contribution in [2.45, 2.75) is 0 Å². The van der Waals surface area contributed by atoms with Crippen molar-refractivity contribution < 1.29 is 37.6 Å². The van der Waals surface area contributed by atoms with Crippen molar-refractivity contribution in [3.63, 3.8) is 0 Å². The number of ether oxygens (including phenoxy) is 4. The normalized spacial score (nSPS) is 10.8. The summed E-state index contributed by atoms with van der Waals surface area (Å²) >= 11 is 0. The lowest BCUT2D eigenvalue weighted by Crippen LogP contribution is -2.16. The van der Waals surface area contributed by atoms with Gasteiger partial charge in [-0.25, -0.2) is 8.78 Å². The number of anilines is 1. The molecule has 0 aliphatic heterocycles. The van der Waals surface area contributed by atoms with Crippen LogP contribution in [-0.2, 0) is 0 Å². The van der Waals surface area contributed by atoms with Crippen molar-refractivity contribution in [1.82, 2.24) is 15.3 Å². The molecule has 0 unspecified atom stereocenters. The molecule has 0 fully saturated rings. The average molecular weight is 541 g/mol. The Hall–Kier alpha value is -4.55. The molecule has 2 aromatic carbocycles. The van der Waals surface area contributed by atoms with Gasteiger partial charge in [-0.3, -0.25) is 14.8 Å². The number of carbonyl (C=O) groups excluding carboxylic acids is 1. The molecule has 2 heterocycles. The van der Waals surface area contributed by atoms with Gasteiger partial charge in [0, 0.05) is 54.4 Å². The summed E-state index contributed by atoms with van der Waals surface area (Å²) in [6.45, 7) is 0.714. The lowest BCUT2D eigenvalue weighted by Gasteiger charge is -2.15. The van der Waals surface area contributed by atoms with E-state index in [1.807, 2.05) is 0 Å². The van der Waals surface area contributed by atoms with Gasteiger partial charge >= 0.3 is 0 Å². The van der Waals surface area contributed by atoms with Gasteiger partial charge in [0.05, 0.1) is 24.8 Å². The molecule has 0 saturated carbocycles. The number of nitrogens with one attached hydrogen (secondary N) is 2. The van der Waals surface area contributed by atoms with Crippen LogP contribution in [0.5, 0.6) is 28.7 Å². The summed E-state index contributed by atoms with van der Waals surface area (Å²) in [6, 6.07) is 8.03. The minimum absolute atomic E-state index is 0.0265. The van der Waals surface area contributed by atoms with Crippen molar-refractivity contribution in [1.29, 1.82) is 0 Å². The molecule has 0 bridgehead atoms. The van der Waals surface area contributed by atoms with E-state index in [4.69, 9.17) is 24.1 Å². The number of likely N-dealkylation sites (N-methyl/N-ethyl adjacent to an activating group) is 1. The fraction of sp³-hybridized carbons (Fsp3) is 0.222. The third-order valence-corrected chi connectivity index (χ3v) is 5.44. The Bertz CT molecular complexity index is 1450. The van der Waals surface area contributed by atoms with E-state index in [1.165, 1.54) is 37.8 Å². The van der Waals surface area contributed by atoms with E-state index in [-0.39, 0.29) is 36.0 Å². The topological polar surface area (TPSA) is 124 Å². The van der Waals surface area contributed by atoms with Crippen LogP contribution in [0.4, 0.5) is 14.5 Å². The molecule has 204 valence electrons. The number of benzene rings is 2. The first kappa shape index (κ1) is 27.5. The predicted molar refractivity (Wildman–Crippen MR) is 139 cm³/mol. The minimum atomic E-state index is -1.04. The van der Waals surface area contributed by atoms with E-state index in [9.17, 15) is 4.79 Å². The number of fused-ring (bicyclic) bond motifs is 1. The first-order chi connectivity index (χ1) is 18.9. The van der Waals surface area contributed by atoms with Gasteiger partial charge in [0.2, 0.25) is 0 Å². The van der Waals surface area contributed by atoms with Gasteiger partial charge in [0.15, 0.2) is 28.9 Å². The standard InChI is InChI=1S/C27H26F2N4O6/c1-30-7-9-37-25-14-21-17(13-24(25)36-2)23(4-6-32-21)39-26-19(28)11-16(12-20(26)29)33-27(35)18-15-31-5-3-22(18)38-10-8-34/h3-6,11-15,30,34H,7-10H2,1-2H3,(H,33,35). The smallest absolute Gasteiger partial charge is 0.261 e. The molecule has 0 spiro atoms. The highest BCUT2D eigenvalue weighted by atomic mass is 19.1. The summed E-state index contributed by atoms with van der Waals surface area (Å²) in [5, 5.41) is 14.8. The monoisotopic (exact) mass is 540 g/mol. The number of aliphatic hydroxyl groups is 1. The molecular formula is C27H26F2N4O6. The minimum Gasteiger partial charge on any atom is -0.493 e. The van der Waals surface area contributed by atoms with Gasteiger partial charge in [-0.1, -0.05) is 0 Å². The number of methoxy groups -OCH3 is 1. The fourth-order valence-corrected chi connectivity index (χ4v) is 3.62. The van der Waals surface area contributed by atoms with E-state index >= 15 is 8.78 Å². The second-order valence-electron chi connectivity index (χ2n) is 8.05. The van der Waals surface area contributed by atoms with Crippen molar-refractivity contribution in [3.05, 3.63) is 72.2 Å². The SMILES string of the molecule is CNCCOc1cc2nccc(Oc3c(F)cc(NC(=O)c4cnccc4OCCO)cc3F)c2cc1OC. The van der Waals surface area contributed by atoms with Gasteiger partial charge in [-0.05, 0) is 25.2 Å². The van der Waals surface area contributed by atoms with E-state index in [0.717, 1.165) is 12.1 Å². The lowest BCUT2D eigenvalue weighted by molar-refractivity contribution is 0.102. The zero-order valence-corrected chi connectivity index (χ0v) is 21.2. The summed E-state index contributed by atoms with van der Waals surface area (Å²) in [5.41, 5.74) is 0.343. The summed E-state index contributed by atoms with van der Waals surface area (Å²) in [7, 11) is 3.28. The Morgan fingerprint density at radius 2 is 1.72 bits per heavy atom. The molecule has 10 nitrogen and oxygen atoms in total. The highest BCUT2D eigenvalue weighted by molar-refractivity contribution is 6.06. The number of hydrogen-bond donors (Lipinski definition) is 3. The zero-order valence-electron chi connectivity index (χ0n) is 21.2. The van der Waals surface area contributed by atoms with Crippen LogP contribution in [0.25, 0.3) is 10.9 Å². The third-order valence-electron chi connectivity index (χ3n) is 5.44. The highest BCUT2D eigenvalue weighted by Crippen LogP contribution is 2.38. The van der Waals surface area contributed by atoms with Gasteiger partial charge in [-0.15, -0.1) is 0 Å². The van der Waals surface area contributed by atoms with Crippen LogP contribution in [-0.4, -0.2) is 61.5 Å². The Morgan fingerprint density at radius 1 is 0.974 bits per heavy atom. The van der Waals surface area contributed by atoms with Crippen LogP contribution >= 0.6 is 0 Å². The second-order valence-corrected chi connectivity index (χ2v) is 8.05. The van der Waals surface area contributed by atoms with Crippen LogP contribution < -0.4 is 29.6 Å². The molecule has 0 aliphatic rings. The van der Waals surface area contributed by atoms with Crippen molar-refractivity contribution in [2.24, 2.45) is 0 Å². The number of pyridine rings is 2. The maximum atomic E-state index is 15.0. The van der Waals surface area contributed by atoms with Crippen LogP contribution in [0.2, 0.25) is 0 Å². The molecule has 4 rings (SSSR count). The number of hydrogen-bond acceptors (Lipinski definition) is 9. The first-order valence-corrected chi connectivity index (χ1v) is 11.8. The zero-order chi connectivity index (χ0) is 27.8. The molecule has 0 aliphatic carbocycles. The van der Waals surface area contributed by atoms with Gasteiger partial charge < -0.3 is 34.7 Å². The highest BCUT2D eigenvalue weighted by Gasteiger charge is 2.19. The number of carbonyl (C=O) groups is 1. The summed E-state index contributed by atoms with van der Waals surface area (Å²) in [4.78, 5) is 20.9. The van der Waals surface area contributed by atoms with E-state index in [1.54, 1.807) is 19.2 Å². The van der Waals surface area contributed by atoms with E-state index in [0.29, 0.717) is 35.6 Å². The Morgan fingerprint density at radius 3 is 2.44 bits per heavy atom. The molecule has 0 saturated heterocycles. The van der Waals surface area contributed by atoms with Gasteiger partial charge in [-0.2, -0.15) is 0 Å². The van der Waals surface area contributed by atoms with Gasteiger partial charge in [0.1, 0.15) is 24.7 Å². The summed E-state index contributed by atoms with van der Waals surface area (Å²) in [6.07, 6.45) is 4.09. The molecule has 1 amide bonds. The van der Waals surface area contributed by atoms with Crippen molar-refractivity contribution in [2.75, 3.05) is 45.8 Å². The number of amides is 1. The molecule has 2 aromatic heterocycles. The molecule has 0 radical (unpaired) electrons. The number of nitrogens with zero attached hydrogens (tertiary/aromatic N) is 2.